The molecule has 1 aromatic carbocycles. The fourth-order valence-electron chi connectivity index (χ4n) is 2.56. The maximum Gasteiger partial charge on any atom is 0.237 e. The van der Waals surface area contributed by atoms with Gasteiger partial charge in [-0.2, -0.15) is 0 Å². The molecule has 4 nitrogen and oxygen atoms in total. The van der Waals surface area contributed by atoms with E-state index in [1.807, 2.05) is 6.92 Å². The zero-order chi connectivity index (χ0) is 14.0. The van der Waals surface area contributed by atoms with Gasteiger partial charge in [-0.25, -0.2) is 4.39 Å². The number of carbonyl (C=O) groups is 1. The van der Waals surface area contributed by atoms with E-state index in [4.69, 9.17) is 10.5 Å². The number of hydrogen-bond donors (Lipinski definition) is 2. The maximum absolute atomic E-state index is 13.6. The van der Waals surface area contributed by atoms with Crippen molar-refractivity contribution in [3.8, 4) is 5.75 Å². The molecule has 2 unspecified atom stereocenters. The lowest BCUT2D eigenvalue weighted by atomic mass is 9.97. The van der Waals surface area contributed by atoms with Crippen LogP contribution in [0, 0.1) is 12.7 Å². The standard InChI is InChI=1S/C14H19FN2O2/c1-9-3-4-11(15)12(7-9)19-10-5-6-14(8-10,17-2)13(16)18/h3-4,7,10,17H,5-6,8H2,1-2H3,(H2,16,18). The molecule has 1 saturated carbocycles. The number of halogens is 1. The van der Waals surface area contributed by atoms with Crippen molar-refractivity contribution in [2.75, 3.05) is 7.05 Å². The summed E-state index contributed by atoms with van der Waals surface area (Å²) in [5.74, 6) is -0.529. The van der Waals surface area contributed by atoms with Crippen LogP contribution in [-0.4, -0.2) is 24.6 Å². The number of hydrogen-bond acceptors (Lipinski definition) is 3. The van der Waals surface area contributed by atoms with Crippen molar-refractivity contribution in [2.45, 2.75) is 37.8 Å². The Hall–Kier alpha value is -1.62. The second kappa shape index (κ2) is 5.17. The first-order valence-electron chi connectivity index (χ1n) is 6.38. The Kier molecular flexibility index (Phi) is 3.75. The van der Waals surface area contributed by atoms with Crippen LogP contribution in [0.25, 0.3) is 0 Å². The first-order chi connectivity index (χ1) is 8.97. The predicted octanol–water partition coefficient (Wildman–Crippen LogP) is 1.51. The van der Waals surface area contributed by atoms with Crippen LogP contribution >= 0.6 is 0 Å². The minimum Gasteiger partial charge on any atom is -0.487 e. The lowest BCUT2D eigenvalue weighted by molar-refractivity contribution is -0.124. The minimum atomic E-state index is -0.731. The maximum atomic E-state index is 13.6. The number of ether oxygens (including phenoxy) is 1. The second-order valence-electron chi connectivity index (χ2n) is 5.11. The first kappa shape index (κ1) is 13.8. The molecule has 1 aliphatic carbocycles. The topological polar surface area (TPSA) is 64.3 Å². The molecule has 1 fully saturated rings. The Morgan fingerprint density at radius 3 is 2.89 bits per heavy atom. The molecule has 5 heteroatoms. The Labute approximate surface area is 112 Å². The van der Waals surface area contributed by atoms with Crippen molar-refractivity contribution >= 4 is 5.91 Å². The van der Waals surface area contributed by atoms with Crippen LogP contribution in [0.4, 0.5) is 4.39 Å². The van der Waals surface area contributed by atoms with E-state index in [-0.39, 0.29) is 23.6 Å². The number of carbonyl (C=O) groups excluding carboxylic acids is 1. The molecule has 1 amide bonds. The van der Waals surface area contributed by atoms with Crippen LogP contribution < -0.4 is 15.8 Å². The number of nitrogens with two attached hydrogens (primary N) is 1. The van der Waals surface area contributed by atoms with Gasteiger partial charge in [0.15, 0.2) is 11.6 Å². The van der Waals surface area contributed by atoms with Crippen LogP contribution in [0.5, 0.6) is 5.75 Å². The van der Waals surface area contributed by atoms with Gasteiger partial charge in [-0.1, -0.05) is 6.07 Å². The van der Waals surface area contributed by atoms with Gasteiger partial charge in [0.25, 0.3) is 0 Å². The number of nitrogens with one attached hydrogen (secondary N) is 1. The quantitative estimate of drug-likeness (QED) is 0.868. The molecule has 0 radical (unpaired) electrons. The van der Waals surface area contributed by atoms with Gasteiger partial charge in [-0.15, -0.1) is 0 Å². The van der Waals surface area contributed by atoms with E-state index in [9.17, 15) is 9.18 Å². The number of rotatable bonds is 4. The van der Waals surface area contributed by atoms with Crippen LogP contribution in [0.15, 0.2) is 18.2 Å². The number of primary amides is 1. The number of aryl methyl sites for hydroxylation is 1. The van der Waals surface area contributed by atoms with E-state index in [0.29, 0.717) is 19.3 Å². The number of amides is 1. The van der Waals surface area contributed by atoms with Crippen molar-refractivity contribution in [3.63, 3.8) is 0 Å². The van der Waals surface area contributed by atoms with Crippen LogP contribution in [0.3, 0.4) is 0 Å². The Morgan fingerprint density at radius 1 is 1.58 bits per heavy atom. The van der Waals surface area contributed by atoms with Crippen molar-refractivity contribution in [3.05, 3.63) is 29.6 Å². The molecule has 2 atom stereocenters. The molecule has 0 bridgehead atoms. The lowest BCUT2D eigenvalue weighted by Crippen LogP contribution is -2.52. The van der Waals surface area contributed by atoms with Crippen molar-refractivity contribution in [2.24, 2.45) is 5.73 Å². The summed E-state index contributed by atoms with van der Waals surface area (Å²) >= 11 is 0. The normalized spacial score (nSPS) is 26.4. The van der Waals surface area contributed by atoms with E-state index in [2.05, 4.69) is 5.32 Å². The van der Waals surface area contributed by atoms with Crippen LogP contribution in [0.2, 0.25) is 0 Å². The van der Waals surface area contributed by atoms with Gasteiger partial charge in [0, 0.05) is 6.42 Å². The number of benzene rings is 1. The van der Waals surface area contributed by atoms with E-state index < -0.39 is 5.54 Å². The molecule has 19 heavy (non-hydrogen) atoms. The first-order valence-corrected chi connectivity index (χ1v) is 6.38. The van der Waals surface area contributed by atoms with Gasteiger partial charge in [-0.3, -0.25) is 4.79 Å². The highest BCUT2D eigenvalue weighted by molar-refractivity contribution is 5.85. The Morgan fingerprint density at radius 2 is 2.32 bits per heavy atom. The molecule has 2 rings (SSSR count). The van der Waals surface area contributed by atoms with Gasteiger partial charge in [0.1, 0.15) is 11.6 Å². The SMILES string of the molecule is CNC1(C(N)=O)CCC(Oc2cc(C)ccc2F)C1. The molecule has 0 spiro atoms. The fraction of sp³-hybridized carbons (Fsp3) is 0.500. The third kappa shape index (κ3) is 2.71. The summed E-state index contributed by atoms with van der Waals surface area (Å²) in [6.07, 6.45) is 1.55. The van der Waals surface area contributed by atoms with Gasteiger partial charge >= 0.3 is 0 Å². The monoisotopic (exact) mass is 266 g/mol. The summed E-state index contributed by atoms with van der Waals surface area (Å²) in [5.41, 5.74) is 5.63. The summed E-state index contributed by atoms with van der Waals surface area (Å²) in [7, 11) is 1.71. The van der Waals surface area contributed by atoms with Crippen molar-refractivity contribution in [1.29, 1.82) is 0 Å². The summed E-state index contributed by atoms with van der Waals surface area (Å²) in [4.78, 5) is 11.5. The average Bonchev–Trinajstić information content (AvgIpc) is 2.79. The molecule has 3 N–H and O–H groups in total. The predicted molar refractivity (Wildman–Crippen MR) is 70.4 cm³/mol. The van der Waals surface area contributed by atoms with Crippen molar-refractivity contribution < 1.29 is 13.9 Å². The molecular formula is C14H19FN2O2. The smallest absolute Gasteiger partial charge is 0.237 e. The fourth-order valence-corrected chi connectivity index (χ4v) is 2.56. The van der Waals surface area contributed by atoms with Crippen LogP contribution in [0.1, 0.15) is 24.8 Å². The summed E-state index contributed by atoms with van der Waals surface area (Å²) in [6, 6.07) is 4.75. The van der Waals surface area contributed by atoms with Gasteiger partial charge in [-0.05, 0) is 44.5 Å². The molecule has 104 valence electrons. The highest BCUT2D eigenvalue weighted by Gasteiger charge is 2.44. The molecular weight excluding hydrogens is 247 g/mol. The van der Waals surface area contributed by atoms with Crippen molar-refractivity contribution in [1.82, 2.24) is 5.32 Å². The lowest BCUT2D eigenvalue weighted by Gasteiger charge is -2.24. The third-order valence-electron chi connectivity index (χ3n) is 3.80. The largest absolute Gasteiger partial charge is 0.487 e. The third-order valence-corrected chi connectivity index (χ3v) is 3.80. The summed E-state index contributed by atoms with van der Waals surface area (Å²) < 4.78 is 19.3. The van der Waals surface area contributed by atoms with Crippen LogP contribution in [-0.2, 0) is 4.79 Å². The molecule has 0 aliphatic heterocycles. The molecule has 0 aromatic heterocycles. The summed E-state index contributed by atoms with van der Waals surface area (Å²) in [5, 5.41) is 2.97. The second-order valence-corrected chi connectivity index (χ2v) is 5.11. The Balaban J connectivity index is 2.10. The minimum absolute atomic E-state index is 0.198. The zero-order valence-corrected chi connectivity index (χ0v) is 11.2. The van der Waals surface area contributed by atoms with E-state index in [0.717, 1.165) is 5.56 Å². The van der Waals surface area contributed by atoms with E-state index in [1.165, 1.54) is 6.07 Å². The van der Waals surface area contributed by atoms with Gasteiger partial charge in [0.05, 0.1) is 0 Å². The van der Waals surface area contributed by atoms with Gasteiger partial charge in [0.2, 0.25) is 5.91 Å². The molecule has 0 saturated heterocycles. The zero-order valence-electron chi connectivity index (χ0n) is 11.2. The summed E-state index contributed by atoms with van der Waals surface area (Å²) in [6.45, 7) is 1.88. The average molecular weight is 266 g/mol. The molecule has 1 aliphatic rings. The Bertz CT molecular complexity index is 492. The molecule has 1 aromatic rings. The molecule has 0 heterocycles. The van der Waals surface area contributed by atoms with Gasteiger partial charge < -0.3 is 15.8 Å². The van der Waals surface area contributed by atoms with E-state index in [1.54, 1.807) is 19.2 Å². The highest BCUT2D eigenvalue weighted by atomic mass is 19.1. The highest BCUT2D eigenvalue weighted by Crippen LogP contribution is 2.33. The number of likely N-dealkylation sites (N-methyl/N-ethyl adjacent to an activating group) is 1. The van der Waals surface area contributed by atoms with E-state index >= 15 is 0 Å².